The van der Waals surface area contributed by atoms with Crippen molar-refractivity contribution in [3.05, 3.63) is 54.5 Å². The zero-order chi connectivity index (χ0) is 15.1. The van der Waals surface area contributed by atoms with E-state index >= 15 is 0 Å². The molecule has 0 atom stereocenters. The van der Waals surface area contributed by atoms with Crippen molar-refractivity contribution in [3.63, 3.8) is 0 Å². The number of aromatic nitrogens is 2. The van der Waals surface area contributed by atoms with E-state index in [2.05, 4.69) is 15.3 Å². The summed E-state index contributed by atoms with van der Waals surface area (Å²) in [4.78, 5) is 19.8. The monoisotopic (exact) mass is 283 g/mol. The number of nitrogens with one attached hydrogen (secondary N) is 1. The lowest BCUT2D eigenvalue weighted by atomic mass is 10.1. The Kier molecular flexibility index (Phi) is 5.04. The van der Waals surface area contributed by atoms with Crippen molar-refractivity contribution in [3.8, 4) is 17.0 Å². The van der Waals surface area contributed by atoms with Crippen molar-refractivity contribution in [2.45, 2.75) is 13.5 Å². The number of allylic oxidation sites excluding steroid dienone is 1. The lowest BCUT2D eigenvalue weighted by molar-refractivity contribution is -0.116. The second-order valence-electron chi connectivity index (χ2n) is 4.34. The van der Waals surface area contributed by atoms with E-state index in [-0.39, 0.29) is 5.91 Å². The fraction of sp³-hybridized carbons (Fsp3) is 0.188. The summed E-state index contributed by atoms with van der Waals surface area (Å²) in [6, 6.07) is 9.49. The van der Waals surface area contributed by atoms with E-state index < -0.39 is 0 Å². The molecule has 0 unspecified atom stereocenters. The molecule has 5 nitrogen and oxygen atoms in total. The van der Waals surface area contributed by atoms with Crippen molar-refractivity contribution in [2.24, 2.45) is 0 Å². The van der Waals surface area contributed by atoms with Crippen molar-refractivity contribution < 1.29 is 9.53 Å². The number of methoxy groups -OCH3 is 1. The van der Waals surface area contributed by atoms with Gasteiger partial charge in [-0.15, -0.1) is 0 Å². The van der Waals surface area contributed by atoms with E-state index in [1.165, 1.54) is 12.4 Å². The first kappa shape index (κ1) is 14.7. The van der Waals surface area contributed by atoms with Crippen LogP contribution in [0.3, 0.4) is 0 Å². The minimum absolute atomic E-state index is 0.137. The van der Waals surface area contributed by atoms with Crippen LogP contribution in [0, 0.1) is 0 Å². The van der Waals surface area contributed by atoms with Gasteiger partial charge < -0.3 is 10.1 Å². The SMILES string of the molecule is C/C=C/C(=O)NCc1cc(-c2ccc(OC)cc2)ncn1. The number of benzene rings is 1. The summed E-state index contributed by atoms with van der Waals surface area (Å²) in [7, 11) is 1.63. The summed E-state index contributed by atoms with van der Waals surface area (Å²) in [5.74, 6) is 0.661. The molecule has 0 radical (unpaired) electrons. The molecule has 1 aromatic heterocycles. The lowest BCUT2D eigenvalue weighted by Gasteiger charge is -2.06. The summed E-state index contributed by atoms with van der Waals surface area (Å²) < 4.78 is 5.13. The molecule has 0 aliphatic heterocycles. The molecule has 0 saturated heterocycles. The van der Waals surface area contributed by atoms with Crippen LogP contribution in [-0.2, 0) is 11.3 Å². The van der Waals surface area contributed by atoms with Crippen LogP contribution in [0.5, 0.6) is 5.75 Å². The molecule has 1 heterocycles. The smallest absolute Gasteiger partial charge is 0.243 e. The van der Waals surface area contributed by atoms with Gasteiger partial charge in [-0.1, -0.05) is 6.08 Å². The molecular weight excluding hydrogens is 266 g/mol. The van der Waals surface area contributed by atoms with Gasteiger partial charge in [0, 0.05) is 5.56 Å². The maximum Gasteiger partial charge on any atom is 0.243 e. The number of hydrogen-bond acceptors (Lipinski definition) is 4. The summed E-state index contributed by atoms with van der Waals surface area (Å²) in [6.45, 7) is 2.17. The molecule has 0 spiro atoms. The van der Waals surface area contributed by atoms with Crippen LogP contribution in [0.15, 0.2) is 48.8 Å². The Balaban J connectivity index is 2.11. The Morgan fingerprint density at radius 2 is 2.05 bits per heavy atom. The van der Waals surface area contributed by atoms with Crippen LogP contribution in [-0.4, -0.2) is 23.0 Å². The fourth-order valence-corrected chi connectivity index (χ4v) is 1.80. The van der Waals surface area contributed by atoms with Gasteiger partial charge in [0.2, 0.25) is 5.91 Å². The molecule has 0 aliphatic rings. The molecule has 2 aromatic rings. The minimum Gasteiger partial charge on any atom is -0.497 e. The highest BCUT2D eigenvalue weighted by molar-refractivity contribution is 5.87. The Morgan fingerprint density at radius 3 is 2.71 bits per heavy atom. The predicted octanol–water partition coefficient (Wildman–Crippen LogP) is 2.34. The highest BCUT2D eigenvalue weighted by Gasteiger charge is 2.03. The van der Waals surface area contributed by atoms with Gasteiger partial charge in [0.05, 0.1) is 25.0 Å². The van der Waals surface area contributed by atoms with Gasteiger partial charge >= 0.3 is 0 Å². The number of amides is 1. The summed E-state index contributed by atoms with van der Waals surface area (Å²) in [5.41, 5.74) is 2.54. The number of hydrogen-bond donors (Lipinski definition) is 1. The molecule has 5 heteroatoms. The summed E-state index contributed by atoms with van der Waals surface area (Å²) in [5, 5.41) is 2.76. The van der Waals surface area contributed by atoms with Crippen LogP contribution in [0.1, 0.15) is 12.6 Å². The van der Waals surface area contributed by atoms with E-state index in [4.69, 9.17) is 4.74 Å². The molecule has 2 rings (SSSR count). The van der Waals surface area contributed by atoms with Gasteiger partial charge in [-0.25, -0.2) is 9.97 Å². The Morgan fingerprint density at radius 1 is 1.29 bits per heavy atom. The normalized spacial score (nSPS) is 10.6. The molecule has 1 N–H and O–H groups in total. The number of nitrogens with zero attached hydrogens (tertiary/aromatic N) is 2. The number of rotatable bonds is 5. The third-order valence-electron chi connectivity index (χ3n) is 2.87. The van der Waals surface area contributed by atoms with E-state index in [0.717, 1.165) is 22.7 Å². The lowest BCUT2D eigenvalue weighted by Crippen LogP contribution is -2.20. The Labute approximate surface area is 123 Å². The molecule has 108 valence electrons. The quantitative estimate of drug-likeness (QED) is 0.855. The maximum atomic E-state index is 11.4. The molecule has 1 amide bonds. The van der Waals surface area contributed by atoms with Gasteiger partial charge in [-0.3, -0.25) is 4.79 Å². The Bertz CT molecular complexity index is 636. The van der Waals surface area contributed by atoms with Crippen LogP contribution in [0.2, 0.25) is 0 Å². The van der Waals surface area contributed by atoms with Crippen LogP contribution < -0.4 is 10.1 Å². The van der Waals surface area contributed by atoms with Crippen LogP contribution in [0.25, 0.3) is 11.3 Å². The largest absolute Gasteiger partial charge is 0.497 e. The zero-order valence-corrected chi connectivity index (χ0v) is 12.0. The first-order chi connectivity index (χ1) is 10.2. The predicted molar refractivity (Wildman–Crippen MR) is 80.7 cm³/mol. The molecule has 0 saturated carbocycles. The number of ether oxygens (including phenoxy) is 1. The first-order valence-electron chi connectivity index (χ1n) is 6.59. The van der Waals surface area contributed by atoms with Gasteiger partial charge in [0.1, 0.15) is 12.1 Å². The highest BCUT2D eigenvalue weighted by Crippen LogP contribution is 2.20. The van der Waals surface area contributed by atoms with Crippen molar-refractivity contribution in [1.29, 1.82) is 0 Å². The van der Waals surface area contributed by atoms with E-state index in [1.54, 1.807) is 20.1 Å². The van der Waals surface area contributed by atoms with E-state index in [9.17, 15) is 4.79 Å². The summed E-state index contributed by atoms with van der Waals surface area (Å²) >= 11 is 0. The van der Waals surface area contributed by atoms with Crippen molar-refractivity contribution in [2.75, 3.05) is 7.11 Å². The maximum absolute atomic E-state index is 11.4. The summed E-state index contributed by atoms with van der Waals surface area (Å²) in [6.07, 6.45) is 4.67. The molecule has 21 heavy (non-hydrogen) atoms. The average Bonchev–Trinajstić information content (AvgIpc) is 2.54. The molecule has 0 fully saturated rings. The van der Waals surface area contributed by atoms with Crippen molar-refractivity contribution in [1.82, 2.24) is 15.3 Å². The Hall–Kier alpha value is -2.69. The van der Waals surface area contributed by atoms with Crippen LogP contribution >= 0.6 is 0 Å². The second-order valence-corrected chi connectivity index (χ2v) is 4.34. The topological polar surface area (TPSA) is 64.1 Å². The van der Waals surface area contributed by atoms with Gasteiger partial charge in [-0.2, -0.15) is 0 Å². The average molecular weight is 283 g/mol. The van der Waals surface area contributed by atoms with Gasteiger partial charge in [0.25, 0.3) is 0 Å². The van der Waals surface area contributed by atoms with Gasteiger partial charge in [0.15, 0.2) is 0 Å². The van der Waals surface area contributed by atoms with E-state index in [0.29, 0.717) is 6.54 Å². The second kappa shape index (κ2) is 7.19. The third-order valence-corrected chi connectivity index (χ3v) is 2.87. The molecule has 1 aromatic carbocycles. The van der Waals surface area contributed by atoms with Gasteiger partial charge in [-0.05, 0) is 43.3 Å². The molecular formula is C16H17N3O2. The van der Waals surface area contributed by atoms with Crippen LogP contribution in [0.4, 0.5) is 0 Å². The fourth-order valence-electron chi connectivity index (χ4n) is 1.80. The first-order valence-corrected chi connectivity index (χ1v) is 6.59. The standard InChI is InChI=1S/C16H17N3O2/c1-3-4-16(20)17-10-13-9-15(19-11-18-13)12-5-7-14(21-2)8-6-12/h3-9,11H,10H2,1-2H3,(H,17,20)/b4-3+. The third kappa shape index (κ3) is 4.14. The molecule has 0 aliphatic carbocycles. The van der Waals surface area contributed by atoms with Crippen molar-refractivity contribution >= 4 is 5.91 Å². The minimum atomic E-state index is -0.137. The highest BCUT2D eigenvalue weighted by atomic mass is 16.5. The molecule has 0 bridgehead atoms. The van der Waals surface area contributed by atoms with E-state index in [1.807, 2.05) is 30.3 Å². The number of carbonyl (C=O) groups is 1. The zero-order valence-electron chi connectivity index (χ0n) is 12.0. The number of carbonyl (C=O) groups excluding carboxylic acids is 1.